The van der Waals surface area contributed by atoms with Crippen LogP contribution in [0.3, 0.4) is 0 Å². The van der Waals surface area contributed by atoms with Crippen molar-refractivity contribution in [2.45, 2.75) is 20.0 Å². The van der Waals surface area contributed by atoms with Gasteiger partial charge in [0.2, 0.25) is 5.91 Å². The van der Waals surface area contributed by atoms with Gasteiger partial charge in [-0.05, 0) is 50.2 Å². The van der Waals surface area contributed by atoms with Crippen LogP contribution in [-0.4, -0.2) is 36.4 Å². The lowest BCUT2D eigenvalue weighted by molar-refractivity contribution is -0.139. The molecular weight excluding hydrogens is 330 g/mol. The Morgan fingerprint density at radius 2 is 1.77 bits per heavy atom. The summed E-state index contributed by atoms with van der Waals surface area (Å²) >= 11 is 0. The van der Waals surface area contributed by atoms with Gasteiger partial charge in [-0.2, -0.15) is 5.26 Å². The van der Waals surface area contributed by atoms with Crippen molar-refractivity contribution in [3.63, 3.8) is 0 Å². The lowest BCUT2D eigenvalue weighted by Gasteiger charge is -2.21. The van der Waals surface area contributed by atoms with Gasteiger partial charge in [0.05, 0.1) is 18.2 Å². The van der Waals surface area contributed by atoms with Crippen molar-refractivity contribution in [1.82, 2.24) is 4.90 Å². The molecule has 0 radical (unpaired) electrons. The predicted molar refractivity (Wildman–Crippen MR) is 98.7 cm³/mol. The summed E-state index contributed by atoms with van der Waals surface area (Å²) in [5.41, 5.74) is 2.30. The van der Waals surface area contributed by atoms with E-state index in [2.05, 4.69) is 5.32 Å². The highest BCUT2D eigenvalue weighted by Gasteiger charge is 2.21. The molecule has 0 aliphatic carbocycles. The summed E-state index contributed by atoms with van der Waals surface area (Å²) in [4.78, 5) is 25.8. The number of anilines is 1. The first-order chi connectivity index (χ1) is 12.4. The molecule has 0 aromatic heterocycles. The van der Waals surface area contributed by atoms with Crippen molar-refractivity contribution < 1.29 is 14.3 Å². The van der Waals surface area contributed by atoms with E-state index in [1.165, 1.54) is 4.90 Å². The summed E-state index contributed by atoms with van der Waals surface area (Å²) in [7, 11) is 1.55. The van der Waals surface area contributed by atoms with Crippen LogP contribution in [0.5, 0.6) is 5.75 Å². The van der Waals surface area contributed by atoms with Gasteiger partial charge in [-0.25, -0.2) is 0 Å². The highest BCUT2D eigenvalue weighted by Crippen LogP contribution is 2.14. The van der Waals surface area contributed by atoms with Gasteiger partial charge in [0.15, 0.2) is 6.10 Å². The second kappa shape index (κ2) is 8.67. The smallest absolute Gasteiger partial charge is 0.263 e. The average molecular weight is 351 g/mol. The molecule has 1 N–H and O–H groups in total. The summed E-state index contributed by atoms with van der Waals surface area (Å²) in [6.45, 7) is 3.51. The molecule has 2 aromatic rings. The fraction of sp³-hybridized carbons (Fsp3) is 0.250. The third-order valence-electron chi connectivity index (χ3n) is 3.74. The number of hydrogen-bond acceptors (Lipinski definition) is 4. The monoisotopic (exact) mass is 351 g/mol. The Balaban J connectivity index is 1.87. The molecule has 6 heteroatoms. The summed E-state index contributed by atoms with van der Waals surface area (Å²) in [5, 5.41) is 11.5. The number of carbonyl (C=O) groups excluding carboxylic acids is 2. The minimum absolute atomic E-state index is 0.0756. The van der Waals surface area contributed by atoms with Crippen molar-refractivity contribution >= 4 is 17.5 Å². The van der Waals surface area contributed by atoms with Crippen LogP contribution in [0.4, 0.5) is 5.69 Å². The van der Waals surface area contributed by atoms with E-state index in [9.17, 15) is 9.59 Å². The van der Waals surface area contributed by atoms with Crippen LogP contribution in [0.25, 0.3) is 0 Å². The Labute approximate surface area is 153 Å². The van der Waals surface area contributed by atoms with Crippen molar-refractivity contribution in [2.75, 3.05) is 18.9 Å². The standard InChI is InChI=1S/C20H21N3O3/c1-14-4-8-17(9-5-14)22-19(24)13-23(3)20(25)15(2)26-18-10-6-16(12-21)7-11-18/h4-11,15H,13H2,1-3H3,(H,22,24)/t15-/m1/s1. The van der Waals surface area contributed by atoms with Gasteiger partial charge >= 0.3 is 0 Å². The van der Waals surface area contributed by atoms with Crippen molar-refractivity contribution in [1.29, 1.82) is 5.26 Å². The fourth-order valence-electron chi connectivity index (χ4n) is 2.30. The lowest BCUT2D eigenvalue weighted by Crippen LogP contribution is -2.41. The van der Waals surface area contributed by atoms with Gasteiger partial charge in [0.25, 0.3) is 5.91 Å². The zero-order valence-electron chi connectivity index (χ0n) is 15.0. The number of benzene rings is 2. The molecule has 26 heavy (non-hydrogen) atoms. The second-order valence-electron chi connectivity index (χ2n) is 6.00. The Hall–Kier alpha value is -3.33. The first kappa shape index (κ1) is 19.0. The van der Waals surface area contributed by atoms with Gasteiger partial charge in [-0.3, -0.25) is 9.59 Å². The lowest BCUT2D eigenvalue weighted by atomic mass is 10.2. The molecule has 0 aliphatic rings. The van der Waals surface area contributed by atoms with E-state index in [0.29, 0.717) is 17.0 Å². The molecule has 2 amide bonds. The van der Waals surface area contributed by atoms with Crippen LogP contribution in [0.2, 0.25) is 0 Å². The number of nitrogens with one attached hydrogen (secondary N) is 1. The van der Waals surface area contributed by atoms with Gasteiger partial charge in [0, 0.05) is 12.7 Å². The molecule has 0 spiro atoms. The number of nitriles is 1. The van der Waals surface area contributed by atoms with Crippen LogP contribution in [0.1, 0.15) is 18.1 Å². The van der Waals surface area contributed by atoms with E-state index in [-0.39, 0.29) is 18.4 Å². The molecule has 0 fully saturated rings. The van der Waals surface area contributed by atoms with Crippen molar-refractivity contribution in [2.24, 2.45) is 0 Å². The molecule has 0 unspecified atom stereocenters. The minimum Gasteiger partial charge on any atom is -0.481 e. The Kier molecular flexibility index (Phi) is 6.34. The number of likely N-dealkylation sites (N-methyl/N-ethyl adjacent to an activating group) is 1. The Bertz CT molecular complexity index is 808. The van der Waals surface area contributed by atoms with E-state index in [1.807, 2.05) is 37.3 Å². The molecule has 0 saturated heterocycles. The van der Waals surface area contributed by atoms with Gasteiger partial charge in [-0.1, -0.05) is 17.7 Å². The quantitative estimate of drug-likeness (QED) is 0.867. The highest BCUT2D eigenvalue weighted by molar-refractivity contribution is 5.95. The maximum Gasteiger partial charge on any atom is 0.263 e. The molecule has 6 nitrogen and oxygen atoms in total. The number of ether oxygens (including phenoxy) is 1. The SMILES string of the molecule is Cc1ccc(NC(=O)CN(C)C(=O)[C@@H](C)Oc2ccc(C#N)cc2)cc1. The number of hydrogen-bond donors (Lipinski definition) is 1. The second-order valence-corrected chi connectivity index (χ2v) is 6.00. The van der Waals surface area contributed by atoms with Crippen LogP contribution in [-0.2, 0) is 9.59 Å². The van der Waals surface area contributed by atoms with Crippen molar-refractivity contribution in [3.05, 3.63) is 59.7 Å². The van der Waals surface area contributed by atoms with E-state index in [0.717, 1.165) is 5.56 Å². The molecule has 0 aliphatic heterocycles. The minimum atomic E-state index is -0.750. The number of aryl methyl sites for hydroxylation is 1. The maximum atomic E-state index is 12.4. The molecule has 1 atom stereocenters. The Morgan fingerprint density at radius 1 is 1.15 bits per heavy atom. The molecule has 0 bridgehead atoms. The third-order valence-corrected chi connectivity index (χ3v) is 3.74. The third kappa shape index (κ3) is 5.35. The molecule has 134 valence electrons. The van der Waals surface area contributed by atoms with E-state index in [4.69, 9.17) is 10.00 Å². The number of carbonyl (C=O) groups is 2. The largest absolute Gasteiger partial charge is 0.481 e. The zero-order chi connectivity index (χ0) is 19.1. The van der Waals surface area contributed by atoms with Gasteiger partial charge in [0.1, 0.15) is 5.75 Å². The molecule has 0 heterocycles. The van der Waals surface area contributed by atoms with E-state index < -0.39 is 6.10 Å². The van der Waals surface area contributed by atoms with E-state index >= 15 is 0 Å². The Morgan fingerprint density at radius 3 is 2.35 bits per heavy atom. The van der Waals surface area contributed by atoms with Crippen LogP contribution in [0.15, 0.2) is 48.5 Å². The highest BCUT2D eigenvalue weighted by atomic mass is 16.5. The number of nitrogens with zero attached hydrogens (tertiary/aromatic N) is 2. The summed E-state index contributed by atoms with van der Waals surface area (Å²) in [6.07, 6.45) is -0.750. The zero-order valence-corrected chi connectivity index (χ0v) is 15.0. The molecule has 2 rings (SSSR count). The normalized spacial score (nSPS) is 11.2. The summed E-state index contributed by atoms with van der Waals surface area (Å²) in [6, 6.07) is 15.9. The first-order valence-electron chi connectivity index (χ1n) is 8.17. The average Bonchev–Trinajstić information content (AvgIpc) is 2.63. The van der Waals surface area contributed by atoms with Crippen LogP contribution >= 0.6 is 0 Å². The molecule has 0 saturated carbocycles. The molecular formula is C20H21N3O3. The molecule has 2 aromatic carbocycles. The predicted octanol–water partition coefficient (Wildman–Crippen LogP) is 2.73. The fourth-order valence-corrected chi connectivity index (χ4v) is 2.30. The van der Waals surface area contributed by atoms with Crippen LogP contribution in [0, 0.1) is 18.3 Å². The van der Waals surface area contributed by atoms with Gasteiger partial charge in [-0.15, -0.1) is 0 Å². The summed E-state index contributed by atoms with van der Waals surface area (Å²) in [5.74, 6) is -0.106. The number of amides is 2. The topological polar surface area (TPSA) is 82.4 Å². The maximum absolute atomic E-state index is 12.4. The van der Waals surface area contributed by atoms with Gasteiger partial charge < -0.3 is 15.0 Å². The van der Waals surface area contributed by atoms with Crippen LogP contribution < -0.4 is 10.1 Å². The van der Waals surface area contributed by atoms with E-state index in [1.54, 1.807) is 38.2 Å². The summed E-state index contributed by atoms with van der Waals surface area (Å²) < 4.78 is 5.58. The number of rotatable bonds is 6. The van der Waals surface area contributed by atoms with Crippen molar-refractivity contribution in [3.8, 4) is 11.8 Å². The first-order valence-corrected chi connectivity index (χ1v) is 8.17.